The molecule has 1 aromatic rings. The summed E-state index contributed by atoms with van der Waals surface area (Å²) in [5.74, 6) is 0.795. The van der Waals surface area contributed by atoms with E-state index in [9.17, 15) is 0 Å². The van der Waals surface area contributed by atoms with Crippen LogP contribution in [-0.2, 0) is 0 Å². The first-order chi connectivity index (χ1) is 9.70. The third kappa shape index (κ3) is 3.98. The summed E-state index contributed by atoms with van der Waals surface area (Å²) in [6, 6.07) is 10.9. The Labute approximate surface area is 122 Å². The number of benzene rings is 1. The monoisotopic (exact) mass is 272 g/mol. The van der Waals surface area contributed by atoms with Gasteiger partial charge in [-0.1, -0.05) is 12.5 Å². The van der Waals surface area contributed by atoms with Crippen molar-refractivity contribution in [2.45, 2.75) is 51.6 Å². The minimum Gasteiger partial charge on any atom is -0.494 e. The Morgan fingerprint density at radius 3 is 2.75 bits per heavy atom. The fourth-order valence-electron chi connectivity index (χ4n) is 3.01. The second kappa shape index (κ2) is 7.31. The number of rotatable bonds is 5. The minimum atomic E-state index is 0.653. The van der Waals surface area contributed by atoms with Crippen molar-refractivity contribution in [3.05, 3.63) is 29.8 Å². The molecule has 3 nitrogen and oxygen atoms in total. The normalized spacial score (nSPS) is 23.2. The lowest BCUT2D eigenvalue weighted by Crippen LogP contribution is -2.44. The van der Waals surface area contributed by atoms with Crippen molar-refractivity contribution in [2.24, 2.45) is 0 Å². The molecule has 1 aromatic carbocycles. The van der Waals surface area contributed by atoms with Crippen LogP contribution in [0.5, 0.6) is 5.75 Å². The molecule has 1 heterocycles. The van der Waals surface area contributed by atoms with Crippen LogP contribution in [0.4, 0.5) is 0 Å². The Hall–Kier alpha value is -1.53. The van der Waals surface area contributed by atoms with Crippen LogP contribution in [-0.4, -0.2) is 30.1 Å². The van der Waals surface area contributed by atoms with E-state index in [2.05, 4.69) is 24.8 Å². The zero-order valence-electron chi connectivity index (χ0n) is 12.5. The van der Waals surface area contributed by atoms with Crippen LogP contribution in [0.25, 0.3) is 0 Å². The molecule has 1 aliphatic rings. The van der Waals surface area contributed by atoms with Gasteiger partial charge in [0.05, 0.1) is 18.2 Å². The van der Waals surface area contributed by atoms with Gasteiger partial charge in [0.15, 0.2) is 0 Å². The topological polar surface area (TPSA) is 36.3 Å². The lowest BCUT2D eigenvalue weighted by molar-refractivity contribution is 0.0961. The molecule has 108 valence electrons. The van der Waals surface area contributed by atoms with Crippen LogP contribution in [0.2, 0.25) is 0 Å². The molecule has 20 heavy (non-hydrogen) atoms. The second-order valence-corrected chi connectivity index (χ2v) is 5.71. The first kappa shape index (κ1) is 14.9. The van der Waals surface area contributed by atoms with Crippen LogP contribution < -0.4 is 4.74 Å². The van der Waals surface area contributed by atoms with Crippen molar-refractivity contribution in [1.82, 2.24) is 4.90 Å². The Kier molecular flexibility index (Phi) is 5.43. The highest BCUT2D eigenvalue weighted by Crippen LogP contribution is 2.22. The predicted molar refractivity (Wildman–Crippen MR) is 80.8 cm³/mol. The number of nitriles is 1. The van der Waals surface area contributed by atoms with Crippen LogP contribution in [0, 0.1) is 11.3 Å². The molecule has 0 spiro atoms. The van der Waals surface area contributed by atoms with Crippen molar-refractivity contribution in [3.63, 3.8) is 0 Å². The van der Waals surface area contributed by atoms with Crippen molar-refractivity contribution in [3.8, 4) is 11.8 Å². The zero-order chi connectivity index (χ0) is 14.4. The summed E-state index contributed by atoms with van der Waals surface area (Å²) in [5, 5.41) is 8.85. The van der Waals surface area contributed by atoms with Gasteiger partial charge in [-0.15, -0.1) is 0 Å². The van der Waals surface area contributed by atoms with Crippen LogP contribution in [0.15, 0.2) is 24.3 Å². The Bertz CT molecular complexity index is 456. The van der Waals surface area contributed by atoms with E-state index in [1.807, 2.05) is 12.1 Å². The largest absolute Gasteiger partial charge is 0.494 e. The molecule has 0 amide bonds. The highest BCUT2D eigenvalue weighted by Gasteiger charge is 2.23. The second-order valence-electron chi connectivity index (χ2n) is 5.71. The van der Waals surface area contributed by atoms with Crippen molar-refractivity contribution < 1.29 is 4.74 Å². The van der Waals surface area contributed by atoms with Gasteiger partial charge in [0.25, 0.3) is 0 Å². The number of ether oxygens (including phenoxy) is 1. The Balaban J connectivity index is 1.74. The maximum Gasteiger partial charge on any atom is 0.120 e. The van der Waals surface area contributed by atoms with Crippen LogP contribution >= 0.6 is 0 Å². The fraction of sp³-hybridized carbons (Fsp3) is 0.588. The minimum absolute atomic E-state index is 0.653. The van der Waals surface area contributed by atoms with Gasteiger partial charge < -0.3 is 4.74 Å². The van der Waals surface area contributed by atoms with Gasteiger partial charge in [0.1, 0.15) is 5.75 Å². The van der Waals surface area contributed by atoms with Crippen molar-refractivity contribution >= 4 is 0 Å². The molecule has 0 aromatic heterocycles. The number of likely N-dealkylation sites (tertiary alicyclic amines) is 1. The van der Waals surface area contributed by atoms with Crippen LogP contribution in [0.3, 0.4) is 0 Å². The quantitative estimate of drug-likeness (QED) is 0.769. The summed E-state index contributed by atoms with van der Waals surface area (Å²) < 4.78 is 5.73. The fourth-order valence-corrected chi connectivity index (χ4v) is 3.01. The summed E-state index contributed by atoms with van der Waals surface area (Å²) in [7, 11) is 0. The van der Waals surface area contributed by atoms with Crippen molar-refractivity contribution in [2.75, 3.05) is 13.2 Å². The van der Waals surface area contributed by atoms with E-state index >= 15 is 0 Å². The highest BCUT2D eigenvalue weighted by molar-refractivity contribution is 5.36. The molecule has 2 unspecified atom stereocenters. The number of nitrogens with zero attached hydrogens (tertiary/aromatic N) is 2. The van der Waals surface area contributed by atoms with Gasteiger partial charge in [-0.05, 0) is 51.3 Å². The first-order valence-electron chi connectivity index (χ1n) is 7.59. The molecule has 0 radical (unpaired) electrons. The number of hydrogen-bond acceptors (Lipinski definition) is 3. The molecule has 3 heteroatoms. The molecule has 1 fully saturated rings. The van der Waals surface area contributed by atoms with Gasteiger partial charge >= 0.3 is 0 Å². The van der Waals surface area contributed by atoms with Gasteiger partial charge in [0, 0.05) is 18.6 Å². The molecule has 2 rings (SSSR count). The number of piperidine rings is 1. The van der Waals surface area contributed by atoms with Gasteiger partial charge in [0.2, 0.25) is 0 Å². The molecule has 0 N–H and O–H groups in total. The smallest absolute Gasteiger partial charge is 0.120 e. The lowest BCUT2D eigenvalue weighted by atomic mass is 9.97. The third-order valence-corrected chi connectivity index (χ3v) is 4.17. The standard InChI is InChI=1S/C17H24N2O/c1-14-6-3-7-15(2)19(14)10-5-11-20-17-9-4-8-16(12-17)13-18/h4,8-9,12,14-15H,3,5-7,10-11H2,1-2H3. The maximum absolute atomic E-state index is 8.85. The highest BCUT2D eigenvalue weighted by atomic mass is 16.5. The van der Waals surface area contributed by atoms with Gasteiger partial charge in [-0.2, -0.15) is 5.26 Å². The molecular weight excluding hydrogens is 248 g/mol. The molecule has 0 saturated carbocycles. The first-order valence-corrected chi connectivity index (χ1v) is 7.59. The molecule has 1 saturated heterocycles. The summed E-state index contributed by atoms with van der Waals surface area (Å²) in [4.78, 5) is 2.60. The van der Waals surface area contributed by atoms with E-state index < -0.39 is 0 Å². The summed E-state index contributed by atoms with van der Waals surface area (Å²) in [5.41, 5.74) is 0.653. The van der Waals surface area contributed by atoms with Crippen LogP contribution in [0.1, 0.15) is 45.1 Å². The Morgan fingerprint density at radius 1 is 1.30 bits per heavy atom. The molecule has 2 atom stereocenters. The summed E-state index contributed by atoms with van der Waals surface area (Å²) in [6.07, 6.45) is 5.02. The molecule has 0 aliphatic carbocycles. The van der Waals surface area contributed by atoms with E-state index in [1.54, 1.807) is 12.1 Å². The van der Waals surface area contributed by atoms with E-state index in [0.29, 0.717) is 24.3 Å². The van der Waals surface area contributed by atoms with Gasteiger partial charge in [-0.3, -0.25) is 4.90 Å². The molecular formula is C17H24N2O. The third-order valence-electron chi connectivity index (χ3n) is 4.17. The lowest BCUT2D eigenvalue weighted by Gasteiger charge is -2.39. The zero-order valence-corrected chi connectivity index (χ0v) is 12.5. The average molecular weight is 272 g/mol. The predicted octanol–water partition coefficient (Wildman–Crippen LogP) is 3.59. The summed E-state index contributed by atoms with van der Waals surface area (Å²) >= 11 is 0. The number of hydrogen-bond donors (Lipinski definition) is 0. The molecule has 1 aliphatic heterocycles. The SMILES string of the molecule is CC1CCCC(C)N1CCCOc1cccc(C#N)c1. The van der Waals surface area contributed by atoms with Crippen molar-refractivity contribution in [1.29, 1.82) is 5.26 Å². The van der Waals surface area contributed by atoms with E-state index in [4.69, 9.17) is 10.00 Å². The Morgan fingerprint density at radius 2 is 2.05 bits per heavy atom. The van der Waals surface area contributed by atoms with E-state index in [1.165, 1.54) is 19.3 Å². The van der Waals surface area contributed by atoms with E-state index in [0.717, 1.165) is 18.7 Å². The average Bonchev–Trinajstić information content (AvgIpc) is 2.46. The molecule has 0 bridgehead atoms. The van der Waals surface area contributed by atoms with E-state index in [-0.39, 0.29) is 0 Å². The summed E-state index contributed by atoms with van der Waals surface area (Å²) in [6.45, 7) is 6.46. The maximum atomic E-state index is 8.85. The van der Waals surface area contributed by atoms with Gasteiger partial charge in [-0.25, -0.2) is 0 Å².